The van der Waals surface area contributed by atoms with Gasteiger partial charge in [-0.2, -0.15) is 0 Å². The molecule has 2 aliphatic rings. The lowest BCUT2D eigenvalue weighted by Gasteiger charge is -2.41. The summed E-state index contributed by atoms with van der Waals surface area (Å²) in [5.74, 6) is -0.957. The Morgan fingerprint density at radius 2 is 2.00 bits per heavy atom. The maximum atomic E-state index is 12.1. The van der Waals surface area contributed by atoms with Crippen LogP contribution >= 0.6 is 0 Å². The molecule has 2 saturated heterocycles. The summed E-state index contributed by atoms with van der Waals surface area (Å²) in [4.78, 5) is 37.6. The van der Waals surface area contributed by atoms with Gasteiger partial charge in [-0.25, -0.2) is 0 Å². The lowest BCUT2D eigenvalue weighted by atomic mass is 9.94. The molecule has 6 heteroatoms. The average Bonchev–Trinajstić information content (AvgIpc) is 2.46. The van der Waals surface area contributed by atoms with Crippen LogP contribution in [0.2, 0.25) is 0 Å². The molecule has 2 heterocycles. The zero-order valence-corrected chi connectivity index (χ0v) is 10.6. The molecule has 0 aromatic heterocycles. The molecule has 1 N–H and O–H groups in total. The maximum absolute atomic E-state index is 12.1. The number of nitrogens with zero attached hydrogens (tertiary/aromatic N) is 2. The van der Waals surface area contributed by atoms with Gasteiger partial charge in [-0.05, 0) is 19.8 Å². The fourth-order valence-electron chi connectivity index (χ4n) is 2.70. The normalized spacial score (nSPS) is 25.9. The molecule has 0 spiro atoms. The zero-order valence-electron chi connectivity index (χ0n) is 10.6. The van der Waals surface area contributed by atoms with Gasteiger partial charge in [0.05, 0.1) is 18.9 Å². The Balaban J connectivity index is 1.91. The summed E-state index contributed by atoms with van der Waals surface area (Å²) in [5.41, 5.74) is 0. The molecule has 2 fully saturated rings. The maximum Gasteiger partial charge on any atom is 0.303 e. The highest BCUT2D eigenvalue weighted by Crippen LogP contribution is 2.28. The van der Waals surface area contributed by atoms with Crippen molar-refractivity contribution in [1.82, 2.24) is 9.80 Å². The van der Waals surface area contributed by atoms with Crippen LogP contribution in [0.25, 0.3) is 0 Å². The van der Waals surface area contributed by atoms with Gasteiger partial charge in [0.25, 0.3) is 0 Å². The Morgan fingerprint density at radius 3 is 2.44 bits per heavy atom. The topological polar surface area (TPSA) is 77.9 Å². The molecule has 2 rings (SSSR count). The highest BCUT2D eigenvalue weighted by molar-refractivity contribution is 6.05. The van der Waals surface area contributed by atoms with Gasteiger partial charge in [0.1, 0.15) is 0 Å². The van der Waals surface area contributed by atoms with Gasteiger partial charge < -0.3 is 5.11 Å². The zero-order chi connectivity index (χ0) is 13.4. The summed E-state index contributed by atoms with van der Waals surface area (Å²) in [6.07, 6.45) is 0.371. The van der Waals surface area contributed by atoms with Crippen molar-refractivity contribution in [3.63, 3.8) is 0 Å². The van der Waals surface area contributed by atoms with Crippen LogP contribution in [0.4, 0.5) is 0 Å². The fraction of sp³-hybridized carbons (Fsp3) is 0.750. The van der Waals surface area contributed by atoms with E-state index in [9.17, 15) is 14.4 Å². The largest absolute Gasteiger partial charge is 0.481 e. The molecule has 0 bridgehead atoms. The van der Waals surface area contributed by atoms with Crippen molar-refractivity contribution >= 4 is 17.8 Å². The Morgan fingerprint density at radius 1 is 1.39 bits per heavy atom. The summed E-state index contributed by atoms with van der Waals surface area (Å²) >= 11 is 0. The summed E-state index contributed by atoms with van der Waals surface area (Å²) in [6.45, 7) is 4.84. The van der Waals surface area contributed by atoms with Crippen molar-refractivity contribution in [3.05, 3.63) is 0 Å². The van der Waals surface area contributed by atoms with Crippen LogP contribution in [0.15, 0.2) is 0 Å². The van der Waals surface area contributed by atoms with Crippen molar-refractivity contribution in [2.24, 2.45) is 5.92 Å². The van der Waals surface area contributed by atoms with Crippen molar-refractivity contribution in [1.29, 1.82) is 0 Å². The minimum Gasteiger partial charge on any atom is -0.481 e. The van der Waals surface area contributed by atoms with Crippen LogP contribution in [-0.2, 0) is 14.4 Å². The average molecular weight is 254 g/mol. The van der Waals surface area contributed by atoms with Crippen LogP contribution in [0, 0.1) is 5.92 Å². The van der Waals surface area contributed by atoms with E-state index in [-0.39, 0.29) is 42.7 Å². The van der Waals surface area contributed by atoms with Crippen LogP contribution in [0.3, 0.4) is 0 Å². The van der Waals surface area contributed by atoms with Gasteiger partial charge in [-0.3, -0.25) is 24.2 Å². The standard InChI is InChI=1S/C12H18N2O4/c1-7(2)14-10(15)4-9(12(14)18)13-5-8(6-13)3-11(16)17/h7-9H,3-6H2,1-2H3,(H,16,17). The molecule has 1 atom stereocenters. The second-order valence-corrected chi connectivity index (χ2v) is 5.33. The number of carbonyl (C=O) groups is 3. The lowest BCUT2D eigenvalue weighted by molar-refractivity contribution is -0.142. The SMILES string of the molecule is CC(C)N1C(=O)CC(N2CC(CC(=O)O)C2)C1=O. The minimum atomic E-state index is -0.808. The molecule has 2 aliphatic heterocycles. The third-order valence-electron chi connectivity index (χ3n) is 3.57. The molecule has 1 unspecified atom stereocenters. The first-order valence-corrected chi connectivity index (χ1v) is 6.22. The molecule has 0 radical (unpaired) electrons. The highest BCUT2D eigenvalue weighted by Gasteiger charge is 2.46. The van der Waals surface area contributed by atoms with Gasteiger partial charge in [0.2, 0.25) is 11.8 Å². The van der Waals surface area contributed by atoms with Gasteiger partial charge in [0, 0.05) is 19.1 Å². The van der Waals surface area contributed by atoms with Gasteiger partial charge >= 0.3 is 5.97 Å². The Kier molecular flexibility index (Phi) is 3.38. The van der Waals surface area contributed by atoms with E-state index in [1.807, 2.05) is 18.7 Å². The molecule has 18 heavy (non-hydrogen) atoms. The van der Waals surface area contributed by atoms with Gasteiger partial charge in [0.15, 0.2) is 0 Å². The Bertz CT molecular complexity index is 388. The summed E-state index contributed by atoms with van der Waals surface area (Å²) in [7, 11) is 0. The minimum absolute atomic E-state index is 0.105. The number of aliphatic carboxylic acids is 1. The van der Waals surface area contributed by atoms with E-state index >= 15 is 0 Å². The fourth-order valence-corrected chi connectivity index (χ4v) is 2.70. The van der Waals surface area contributed by atoms with Crippen LogP contribution < -0.4 is 0 Å². The van der Waals surface area contributed by atoms with E-state index in [0.717, 1.165) is 0 Å². The first-order valence-electron chi connectivity index (χ1n) is 6.22. The Labute approximate surface area is 106 Å². The smallest absolute Gasteiger partial charge is 0.303 e. The molecule has 6 nitrogen and oxygen atoms in total. The molecular weight excluding hydrogens is 236 g/mol. The monoisotopic (exact) mass is 254 g/mol. The van der Waals surface area contributed by atoms with E-state index in [1.54, 1.807) is 0 Å². The predicted molar refractivity (Wildman–Crippen MR) is 62.7 cm³/mol. The quantitative estimate of drug-likeness (QED) is 0.710. The number of amides is 2. The Hall–Kier alpha value is -1.43. The van der Waals surface area contributed by atoms with E-state index < -0.39 is 5.97 Å². The van der Waals surface area contributed by atoms with E-state index in [1.165, 1.54) is 4.90 Å². The van der Waals surface area contributed by atoms with E-state index in [0.29, 0.717) is 13.1 Å². The molecule has 0 aromatic carbocycles. The number of carboxylic acids is 1. The van der Waals surface area contributed by atoms with Crippen molar-refractivity contribution in [2.45, 2.75) is 38.8 Å². The van der Waals surface area contributed by atoms with Gasteiger partial charge in [-0.15, -0.1) is 0 Å². The third kappa shape index (κ3) is 2.25. The van der Waals surface area contributed by atoms with Crippen LogP contribution in [0.5, 0.6) is 0 Å². The number of imide groups is 1. The number of carbonyl (C=O) groups excluding carboxylic acids is 2. The van der Waals surface area contributed by atoms with Crippen molar-refractivity contribution < 1.29 is 19.5 Å². The molecule has 0 aliphatic carbocycles. The van der Waals surface area contributed by atoms with Crippen molar-refractivity contribution in [2.75, 3.05) is 13.1 Å². The first kappa shape index (κ1) is 13.0. The van der Waals surface area contributed by atoms with E-state index in [2.05, 4.69) is 0 Å². The van der Waals surface area contributed by atoms with Gasteiger partial charge in [-0.1, -0.05) is 0 Å². The molecule has 100 valence electrons. The second kappa shape index (κ2) is 4.68. The predicted octanol–water partition coefficient (Wildman–Crippen LogP) is -0.0712. The molecule has 0 saturated carbocycles. The summed E-state index contributed by atoms with van der Waals surface area (Å²) in [6, 6.07) is -0.476. The number of hydrogen-bond donors (Lipinski definition) is 1. The first-order chi connectivity index (χ1) is 8.40. The van der Waals surface area contributed by atoms with Crippen LogP contribution in [-0.4, -0.2) is 57.9 Å². The highest BCUT2D eigenvalue weighted by atomic mass is 16.4. The number of hydrogen-bond acceptors (Lipinski definition) is 4. The summed E-state index contributed by atoms with van der Waals surface area (Å²) in [5, 5.41) is 8.66. The number of carboxylic acid groups (broad SMARTS) is 1. The molecule has 0 aromatic rings. The van der Waals surface area contributed by atoms with Crippen molar-refractivity contribution in [3.8, 4) is 0 Å². The number of likely N-dealkylation sites (tertiary alicyclic amines) is 2. The lowest BCUT2D eigenvalue weighted by Crippen LogP contribution is -2.55. The molecule has 2 amide bonds. The molecular formula is C12H18N2O4. The third-order valence-corrected chi connectivity index (χ3v) is 3.57. The van der Waals surface area contributed by atoms with E-state index in [4.69, 9.17) is 5.11 Å². The summed E-state index contributed by atoms with van der Waals surface area (Å²) < 4.78 is 0. The number of rotatable bonds is 4. The van der Waals surface area contributed by atoms with Crippen LogP contribution in [0.1, 0.15) is 26.7 Å². The second-order valence-electron chi connectivity index (χ2n) is 5.33.